The zero-order chi connectivity index (χ0) is 9.12. The van der Waals surface area contributed by atoms with E-state index in [-0.39, 0.29) is 6.61 Å². The molecule has 0 aromatic rings. The van der Waals surface area contributed by atoms with Crippen LogP contribution in [0.15, 0.2) is 0 Å². The maximum absolute atomic E-state index is 10.8. The Morgan fingerprint density at radius 3 is 2.27 bits per heavy atom. The fraction of sp³-hybridized carbons (Fsp3) is 1.00. The van der Waals surface area contributed by atoms with E-state index in [0.29, 0.717) is 0 Å². The van der Waals surface area contributed by atoms with Crippen molar-refractivity contribution >= 4 is 17.4 Å². The topological polar surface area (TPSA) is 80.7 Å². The van der Waals surface area contributed by atoms with Crippen molar-refractivity contribution in [3.05, 3.63) is 0 Å². The molecule has 0 spiro atoms. The molecular formula is C4H11O5PS. The third kappa shape index (κ3) is 6.50. The van der Waals surface area contributed by atoms with Crippen LogP contribution in [0.3, 0.4) is 0 Å². The molecule has 0 fully saturated rings. The molecule has 0 aromatic carbocycles. The van der Waals surface area contributed by atoms with Crippen molar-refractivity contribution in [3.63, 3.8) is 0 Å². The van der Waals surface area contributed by atoms with Gasteiger partial charge in [-0.25, -0.2) is 8.42 Å². The molecule has 7 heteroatoms. The SMILES string of the molecule is CCOP(=O)(O)CS(C)(=O)=O. The highest BCUT2D eigenvalue weighted by Gasteiger charge is 2.24. The van der Waals surface area contributed by atoms with Crippen molar-refractivity contribution in [2.24, 2.45) is 0 Å². The van der Waals surface area contributed by atoms with E-state index in [4.69, 9.17) is 4.89 Å². The molecule has 0 amide bonds. The second-order valence-corrected chi connectivity index (χ2v) is 6.53. The quantitative estimate of drug-likeness (QED) is 0.659. The molecule has 0 rings (SSSR count). The highest BCUT2D eigenvalue weighted by molar-refractivity contribution is 7.96. The normalized spacial score (nSPS) is 17.7. The van der Waals surface area contributed by atoms with E-state index >= 15 is 0 Å². The van der Waals surface area contributed by atoms with E-state index in [9.17, 15) is 13.0 Å². The maximum Gasteiger partial charge on any atom is 0.343 e. The minimum atomic E-state index is -3.90. The first-order chi connectivity index (χ1) is 4.77. The van der Waals surface area contributed by atoms with E-state index in [0.717, 1.165) is 6.26 Å². The van der Waals surface area contributed by atoms with Crippen molar-refractivity contribution in [1.29, 1.82) is 0 Å². The van der Waals surface area contributed by atoms with Crippen molar-refractivity contribution in [2.75, 3.05) is 18.4 Å². The second-order valence-electron chi connectivity index (χ2n) is 2.11. The maximum atomic E-state index is 10.8. The van der Waals surface area contributed by atoms with Gasteiger partial charge in [-0.15, -0.1) is 0 Å². The van der Waals surface area contributed by atoms with Crippen LogP contribution < -0.4 is 0 Å². The molecule has 0 aromatic heterocycles. The average molecular weight is 202 g/mol. The van der Waals surface area contributed by atoms with E-state index in [2.05, 4.69) is 4.52 Å². The van der Waals surface area contributed by atoms with Crippen molar-refractivity contribution < 1.29 is 22.4 Å². The van der Waals surface area contributed by atoms with Crippen LogP contribution in [0.5, 0.6) is 0 Å². The molecular weight excluding hydrogens is 191 g/mol. The summed E-state index contributed by atoms with van der Waals surface area (Å²) >= 11 is 0. The van der Waals surface area contributed by atoms with Crippen molar-refractivity contribution in [2.45, 2.75) is 6.92 Å². The smallest absolute Gasteiger partial charge is 0.324 e. The van der Waals surface area contributed by atoms with Gasteiger partial charge in [-0.1, -0.05) is 0 Å². The molecule has 0 aliphatic carbocycles. The number of sulfone groups is 1. The van der Waals surface area contributed by atoms with Crippen molar-refractivity contribution in [1.82, 2.24) is 0 Å². The number of hydrogen-bond acceptors (Lipinski definition) is 4. The summed E-state index contributed by atoms with van der Waals surface area (Å²) in [7, 11) is -7.34. The lowest BCUT2D eigenvalue weighted by Crippen LogP contribution is -2.05. The largest absolute Gasteiger partial charge is 0.343 e. The summed E-state index contributed by atoms with van der Waals surface area (Å²) in [6.45, 7) is 1.55. The van der Waals surface area contributed by atoms with Gasteiger partial charge in [0.2, 0.25) is 0 Å². The Hall–Kier alpha value is 0.100. The van der Waals surface area contributed by atoms with Crippen molar-refractivity contribution in [3.8, 4) is 0 Å². The summed E-state index contributed by atoms with van der Waals surface area (Å²) < 4.78 is 36.1. The molecule has 0 aliphatic heterocycles. The lowest BCUT2D eigenvalue weighted by atomic mass is 10.9. The zero-order valence-corrected chi connectivity index (χ0v) is 8.06. The predicted molar refractivity (Wildman–Crippen MR) is 41.2 cm³/mol. The van der Waals surface area contributed by atoms with Gasteiger partial charge < -0.3 is 9.42 Å². The molecule has 1 N–H and O–H groups in total. The van der Waals surface area contributed by atoms with Crippen LogP contribution in [0.1, 0.15) is 6.92 Å². The van der Waals surface area contributed by atoms with Gasteiger partial charge in [0.25, 0.3) is 0 Å². The first-order valence-electron chi connectivity index (χ1n) is 2.91. The van der Waals surface area contributed by atoms with Crippen LogP contribution in [-0.2, 0) is 18.9 Å². The number of hydrogen-bond donors (Lipinski definition) is 1. The molecule has 0 bridgehead atoms. The Morgan fingerprint density at radius 2 is 2.00 bits per heavy atom. The summed E-state index contributed by atoms with van der Waals surface area (Å²) in [6, 6.07) is 0. The monoisotopic (exact) mass is 202 g/mol. The van der Waals surface area contributed by atoms with Crippen LogP contribution in [-0.4, -0.2) is 31.7 Å². The minimum Gasteiger partial charge on any atom is -0.324 e. The molecule has 11 heavy (non-hydrogen) atoms. The van der Waals surface area contributed by atoms with E-state index in [1.54, 1.807) is 0 Å². The lowest BCUT2D eigenvalue weighted by Gasteiger charge is -2.07. The van der Waals surface area contributed by atoms with Gasteiger partial charge in [0, 0.05) is 6.26 Å². The first-order valence-corrected chi connectivity index (χ1v) is 6.73. The fourth-order valence-corrected chi connectivity index (χ4v) is 3.61. The minimum absolute atomic E-state index is 0.0310. The molecule has 0 saturated heterocycles. The summed E-state index contributed by atoms with van der Waals surface area (Å²) in [5.74, 6) is 0. The third-order valence-electron chi connectivity index (χ3n) is 0.728. The molecule has 5 nitrogen and oxygen atoms in total. The third-order valence-corrected chi connectivity index (χ3v) is 4.57. The van der Waals surface area contributed by atoms with Gasteiger partial charge in [0.05, 0.1) is 6.61 Å². The zero-order valence-electron chi connectivity index (χ0n) is 6.35. The fourth-order valence-electron chi connectivity index (χ4n) is 0.535. The van der Waals surface area contributed by atoms with E-state index in [1.165, 1.54) is 6.92 Å². The molecule has 68 valence electrons. The molecule has 0 saturated carbocycles. The lowest BCUT2D eigenvalue weighted by molar-refractivity contribution is 0.277. The number of rotatable bonds is 4. The Bertz CT molecular complexity index is 256. The Balaban J connectivity index is 4.26. The van der Waals surface area contributed by atoms with Gasteiger partial charge in [-0.3, -0.25) is 4.57 Å². The average Bonchev–Trinajstić information content (AvgIpc) is 1.55. The molecule has 1 atom stereocenters. The Morgan fingerprint density at radius 1 is 1.55 bits per heavy atom. The Labute approximate surface area is 65.8 Å². The predicted octanol–water partition coefficient (Wildman–Crippen LogP) is 0.210. The van der Waals surface area contributed by atoms with E-state index < -0.39 is 22.9 Å². The van der Waals surface area contributed by atoms with Gasteiger partial charge in [-0.05, 0) is 6.92 Å². The summed E-state index contributed by atoms with van der Waals surface area (Å²) in [6.07, 6.45) is 0.884. The van der Waals surface area contributed by atoms with Crippen LogP contribution in [0.25, 0.3) is 0 Å². The summed E-state index contributed by atoms with van der Waals surface area (Å²) in [4.78, 5) is 8.80. The van der Waals surface area contributed by atoms with E-state index in [1.807, 2.05) is 0 Å². The molecule has 0 aliphatic rings. The second kappa shape index (κ2) is 3.67. The Kier molecular flexibility index (Phi) is 3.70. The van der Waals surface area contributed by atoms with Gasteiger partial charge in [0.15, 0.2) is 15.3 Å². The van der Waals surface area contributed by atoms with Gasteiger partial charge in [-0.2, -0.15) is 0 Å². The van der Waals surface area contributed by atoms with Crippen LogP contribution in [0.2, 0.25) is 0 Å². The van der Waals surface area contributed by atoms with Gasteiger partial charge >= 0.3 is 7.60 Å². The highest BCUT2D eigenvalue weighted by Crippen LogP contribution is 2.42. The molecule has 1 unspecified atom stereocenters. The van der Waals surface area contributed by atoms with Crippen LogP contribution in [0, 0.1) is 0 Å². The molecule has 0 radical (unpaired) electrons. The standard InChI is InChI=1S/C4H11O5PS/c1-3-9-10(5,6)4-11(2,7)8/h3-4H2,1-2H3,(H,5,6). The van der Waals surface area contributed by atoms with Crippen LogP contribution >= 0.6 is 7.60 Å². The highest BCUT2D eigenvalue weighted by atomic mass is 32.2. The summed E-state index contributed by atoms with van der Waals surface area (Å²) in [5.41, 5.74) is -0.812. The summed E-state index contributed by atoms with van der Waals surface area (Å²) in [5, 5.41) is 0. The van der Waals surface area contributed by atoms with Crippen LogP contribution in [0.4, 0.5) is 0 Å². The molecule has 0 heterocycles. The first kappa shape index (κ1) is 11.1. The van der Waals surface area contributed by atoms with Gasteiger partial charge in [0.1, 0.15) is 0 Å².